The van der Waals surface area contributed by atoms with Gasteiger partial charge in [-0.3, -0.25) is 4.79 Å². The highest BCUT2D eigenvalue weighted by molar-refractivity contribution is 7.89. The summed E-state index contributed by atoms with van der Waals surface area (Å²) in [5.41, 5.74) is 2.17. The molecule has 1 fully saturated rings. The van der Waals surface area contributed by atoms with Crippen molar-refractivity contribution in [1.29, 1.82) is 0 Å². The summed E-state index contributed by atoms with van der Waals surface area (Å²) in [4.78, 5) is 12.7. The fourth-order valence-electron chi connectivity index (χ4n) is 3.93. The van der Waals surface area contributed by atoms with E-state index in [9.17, 15) is 17.6 Å². The Morgan fingerprint density at radius 1 is 1.16 bits per heavy atom. The van der Waals surface area contributed by atoms with E-state index in [4.69, 9.17) is 0 Å². The van der Waals surface area contributed by atoms with E-state index in [1.807, 2.05) is 6.92 Å². The number of aromatic nitrogens is 3. The maximum absolute atomic E-state index is 13.1. The molecule has 1 amide bonds. The number of benzene rings is 2. The SMILES string of the molecule is CCCn1nnc2cc(S(=O)(=O)N3CCC(C(=O)NCc4ccc(F)cc4)CC3)ccc21. The second kappa shape index (κ2) is 9.33. The van der Waals surface area contributed by atoms with Crippen molar-refractivity contribution in [3.05, 3.63) is 53.8 Å². The summed E-state index contributed by atoms with van der Waals surface area (Å²) in [5.74, 6) is -0.683. The van der Waals surface area contributed by atoms with Gasteiger partial charge in [-0.25, -0.2) is 17.5 Å². The van der Waals surface area contributed by atoms with E-state index in [-0.39, 0.29) is 35.6 Å². The number of hydrogen-bond acceptors (Lipinski definition) is 5. The van der Waals surface area contributed by atoms with Gasteiger partial charge in [0.25, 0.3) is 0 Å². The molecule has 1 N–H and O–H groups in total. The number of piperidine rings is 1. The first-order valence-corrected chi connectivity index (χ1v) is 12.2. The van der Waals surface area contributed by atoms with E-state index in [1.54, 1.807) is 35.0 Å². The fourth-order valence-corrected chi connectivity index (χ4v) is 5.42. The molecule has 2 heterocycles. The number of amides is 1. The third-order valence-electron chi connectivity index (χ3n) is 5.76. The monoisotopic (exact) mass is 459 g/mol. The second-order valence-corrected chi connectivity index (χ2v) is 9.92. The molecule has 0 unspecified atom stereocenters. The lowest BCUT2D eigenvalue weighted by atomic mass is 9.97. The Balaban J connectivity index is 1.37. The van der Waals surface area contributed by atoms with Crippen LogP contribution in [0.2, 0.25) is 0 Å². The molecule has 2 aromatic carbocycles. The maximum Gasteiger partial charge on any atom is 0.243 e. The van der Waals surface area contributed by atoms with Gasteiger partial charge < -0.3 is 5.32 Å². The normalized spacial score (nSPS) is 15.8. The summed E-state index contributed by atoms with van der Waals surface area (Å²) in [5, 5.41) is 11.0. The molecule has 4 rings (SSSR count). The molecule has 3 aromatic rings. The van der Waals surface area contributed by atoms with Gasteiger partial charge in [-0.1, -0.05) is 24.3 Å². The smallest absolute Gasteiger partial charge is 0.243 e. The standard InChI is InChI=1S/C22H26FN5O3S/c1-2-11-28-21-8-7-19(14-20(21)25-26-28)32(30,31)27-12-9-17(10-13-27)22(29)24-15-16-3-5-18(23)6-4-16/h3-8,14,17H,2,9-13,15H2,1H3,(H,24,29). The van der Waals surface area contributed by atoms with Crippen LogP contribution in [-0.4, -0.2) is 46.7 Å². The lowest BCUT2D eigenvalue weighted by molar-refractivity contribution is -0.126. The van der Waals surface area contributed by atoms with Gasteiger partial charge in [0.2, 0.25) is 15.9 Å². The number of rotatable bonds is 7. The predicted molar refractivity (Wildman–Crippen MR) is 118 cm³/mol. The van der Waals surface area contributed by atoms with Crippen molar-refractivity contribution in [1.82, 2.24) is 24.6 Å². The zero-order valence-electron chi connectivity index (χ0n) is 17.9. The molecule has 1 saturated heterocycles. The number of aryl methyl sites for hydroxylation is 1. The third-order valence-corrected chi connectivity index (χ3v) is 7.66. The first-order valence-electron chi connectivity index (χ1n) is 10.7. The molecule has 10 heteroatoms. The van der Waals surface area contributed by atoms with Crippen LogP contribution < -0.4 is 5.32 Å². The van der Waals surface area contributed by atoms with Crippen LogP contribution in [0.15, 0.2) is 47.4 Å². The van der Waals surface area contributed by atoms with Crippen molar-refractivity contribution < 1.29 is 17.6 Å². The minimum atomic E-state index is -3.68. The molecule has 0 spiro atoms. The van der Waals surface area contributed by atoms with Crippen LogP contribution in [-0.2, 0) is 27.9 Å². The Labute approximate surface area is 186 Å². The molecule has 32 heavy (non-hydrogen) atoms. The van der Waals surface area contributed by atoms with E-state index < -0.39 is 10.0 Å². The van der Waals surface area contributed by atoms with Crippen LogP contribution in [0.1, 0.15) is 31.7 Å². The molecule has 0 bridgehead atoms. The van der Waals surface area contributed by atoms with Crippen LogP contribution in [0.4, 0.5) is 4.39 Å². The number of carbonyl (C=O) groups excluding carboxylic acids is 1. The highest BCUT2D eigenvalue weighted by Crippen LogP contribution is 2.26. The largest absolute Gasteiger partial charge is 0.352 e. The quantitative estimate of drug-likeness (QED) is 0.586. The Morgan fingerprint density at radius 2 is 1.88 bits per heavy atom. The number of nitrogens with one attached hydrogen (secondary N) is 1. The van der Waals surface area contributed by atoms with Crippen LogP contribution in [0.5, 0.6) is 0 Å². The van der Waals surface area contributed by atoms with Crippen molar-refractivity contribution in [2.45, 2.75) is 44.2 Å². The Hall–Kier alpha value is -2.85. The highest BCUT2D eigenvalue weighted by Gasteiger charge is 2.32. The lowest BCUT2D eigenvalue weighted by Crippen LogP contribution is -2.42. The molecule has 0 saturated carbocycles. The summed E-state index contributed by atoms with van der Waals surface area (Å²) >= 11 is 0. The number of carbonyl (C=O) groups is 1. The van der Waals surface area contributed by atoms with Crippen molar-refractivity contribution >= 4 is 27.0 Å². The topological polar surface area (TPSA) is 97.2 Å². The maximum atomic E-state index is 13.1. The van der Waals surface area contributed by atoms with Gasteiger partial charge in [0.05, 0.1) is 10.4 Å². The minimum Gasteiger partial charge on any atom is -0.352 e. The number of nitrogens with zero attached hydrogens (tertiary/aromatic N) is 4. The molecule has 170 valence electrons. The molecule has 0 radical (unpaired) electrons. The predicted octanol–water partition coefficient (Wildman–Crippen LogP) is 2.70. The zero-order valence-corrected chi connectivity index (χ0v) is 18.7. The molecule has 0 aliphatic carbocycles. The minimum absolute atomic E-state index is 0.111. The Bertz CT molecular complexity index is 1200. The zero-order chi connectivity index (χ0) is 22.7. The van der Waals surface area contributed by atoms with Crippen molar-refractivity contribution in [2.75, 3.05) is 13.1 Å². The van der Waals surface area contributed by atoms with Gasteiger partial charge >= 0.3 is 0 Å². The Kier molecular flexibility index (Phi) is 6.52. The van der Waals surface area contributed by atoms with E-state index in [1.165, 1.54) is 16.4 Å². The number of hydrogen-bond donors (Lipinski definition) is 1. The Morgan fingerprint density at radius 3 is 2.56 bits per heavy atom. The second-order valence-electron chi connectivity index (χ2n) is 7.99. The van der Waals surface area contributed by atoms with Gasteiger partial charge in [-0.05, 0) is 55.2 Å². The fraction of sp³-hybridized carbons (Fsp3) is 0.409. The van der Waals surface area contributed by atoms with Crippen LogP contribution in [0, 0.1) is 11.7 Å². The number of halogens is 1. The molecule has 8 nitrogen and oxygen atoms in total. The molecule has 0 atom stereocenters. The molecule has 1 aromatic heterocycles. The summed E-state index contributed by atoms with van der Waals surface area (Å²) in [7, 11) is -3.68. The summed E-state index contributed by atoms with van der Waals surface area (Å²) < 4.78 is 42.4. The van der Waals surface area contributed by atoms with Crippen LogP contribution in [0.25, 0.3) is 11.0 Å². The number of fused-ring (bicyclic) bond motifs is 1. The van der Waals surface area contributed by atoms with Gasteiger partial charge in [0.15, 0.2) is 0 Å². The van der Waals surface area contributed by atoms with E-state index >= 15 is 0 Å². The van der Waals surface area contributed by atoms with Gasteiger partial charge in [-0.15, -0.1) is 5.10 Å². The molecular formula is C22H26FN5O3S. The van der Waals surface area contributed by atoms with Crippen LogP contribution >= 0.6 is 0 Å². The van der Waals surface area contributed by atoms with E-state index in [2.05, 4.69) is 15.6 Å². The first kappa shape index (κ1) is 22.3. The average molecular weight is 460 g/mol. The lowest BCUT2D eigenvalue weighted by Gasteiger charge is -2.30. The van der Waals surface area contributed by atoms with Gasteiger partial charge in [0.1, 0.15) is 11.3 Å². The third kappa shape index (κ3) is 4.66. The molecular weight excluding hydrogens is 433 g/mol. The van der Waals surface area contributed by atoms with Crippen molar-refractivity contribution in [3.63, 3.8) is 0 Å². The van der Waals surface area contributed by atoms with Gasteiger partial charge in [-0.2, -0.15) is 4.31 Å². The highest BCUT2D eigenvalue weighted by atomic mass is 32.2. The first-order chi connectivity index (χ1) is 15.4. The number of sulfonamides is 1. The average Bonchev–Trinajstić information content (AvgIpc) is 3.21. The summed E-state index contributed by atoms with van der Waals surface area (Å²) in [6, 6.07) is 10.9. The van der Waals surface area contributed by atoms with Crippen LogP contribution in [0.3, 0.4) is 0 Å². The summed E-state index contributed by atoms with van der Waals surface area (Å²) in [6.07, 6.45) is 1.80. The molecule has 1 aliphatic rings. The summed E-state index contributed by atoms with van der Waals surface area (Å²) in [6.45, 7) is 3.63. The van der Waals surface area contributed by atoms with Gasteiger partial charge in [0, 0.05) is 32.1 Å². The van der Waals surface area contributed by atoms with E-state index in [0.29, 0.717) is 24.9 Å². The van der Waals surface area contributed by atoms with Crippen molar-refractivity contribution in [2.24, 2.45) is 5.92 Å². The van der Waals surface area contributed by atoms with Crippen molar-refractivity contribution in [3.8, 4) is 0 Å². The van der Waals surface area contributed by atoms with E-state index in [0.717, 1.165) is 24.0 Å². The molecule has 1 aliphatic heterocycles.